The van der Waals surface area contributed by atoms with Crippen LogP contribution in [0.3, 0.4) is 0 Å². The molecule has 0 aromatic heterocycles. The van der Waals surface area contributed by atoms with Crippen LogP contribution in [0.4, 0.5) is 5.69 Å². The molecule has 1 saturated heterocycles. The van der Waals surface area contributed by atoms with Crippen LogP contribution in [0.2, 0.25) is 5.02 Å². The third-order valence-corrected chi connectivity index (χ3v) is 7.33. The average Bonchev–Trinajstić information content (AvgIpc) is 2.68. The van der Waals surface area contributed by atoms with E-state index in [9.17, 15) is 13.2 Å². The Balaban J connectivity index is 1.72. The number of likely N-dealkylation sites (tertiary alicyclic amines) is 1. The Morgan fingerprint density at radius 3 is 2.36 bits per heavy atom. The molecule has 0 atom stereocenters. The molecule has 146 valence electrons. The molecule has 1 amide bonds. The van der Waals surface area contributed by atoms with Gasteiger partial charge in [-0.25, -0.2) is 13.3 Å². The third kappa shape index (κ3) is 4.54. The first-order valence-corrected chi connectivity index (χ1v) is 11.1. The molecule has 0 radical (unpaired) electrons. The molecule has 1 aliphatic heterocycles. The highest BCUT2D eigenvalue weighted by molar-refractivity contribution is 7.91. The number of carbonyl (C=O) groups excluding carboxylic acids is 1. The number of piperidine rings is 1. The average molecular weight is 417 g/mol. The third-order valence-electron chi connectivity index (χ3n) is 5.12. The fourth-order valence-corrected chi connectivity index (χ4v) is 5.45. The van der Waals surface area contributed by atoms with E-state index in [0.29, 0.717) is 41.5 Å². The number of hydrogen-bond donors (Lipinski definition) is 0. The standard InChI is InChI=1S/C21H21ClN2O3S/c1-15(25)24-11-9-16(10-12-24)14-28(26,27)19-6-3-17(4-7-19)20-8-5-18(23-2)13-21(20)22/h3-8,13,16H,9-12,14H2,1H3. The molecule has 0 spiro atoms. The Labute approximate surface area is 170 Å². The fraction of sp³-hybridized carbons (Fsp3) is 0.333. The second-order valence-electron chi connectivity index (χ2n) is 7.03. The normalized spacial score (nSPS) is 15.2. The lowest BCUT2D eigenvalue weighted by Gasteiger charge is -2.31. The van der Waals surface area contributed by atoms with E-state index >= 15 is 0 Å². The summed E-state index contributed by atoms with van der Waals surface area (Å²) in [4.78, 5) is 16.8. The maximum Gasteiger partial charge on any atom is 0.219 e. The summed E-state index contributed by atoms with van der Waals surface area (Å²) in [5.74, 6) is 0.203. The van der Waals surface area contributed by atoms with E-state index in [1.807, 2.05) is 0 Å². The molecule has 5 nitrogen and oxygen atoms in total. The minimum atomic E-state index is -3.39. The molecule has 0 aliphatic carbocycles. The molecule has 1 fully saturated rings. The number of sulfone groups is 1. The molecule has 7 heteroatoms. The van der Waals surface area contributed by atoms with Gasteiger partial charge in [-0.3, -0.25) is 4.79 Å². The predicted octanol–water partition coefficient (Wildman–Crippen LogP) is 4.59. The summed E-state index contributed by atoms with van der Waals surface area (Å²) in [6.07, 6.45) is 1.42. The van der Waals surface area contributed by atoms with Crippen LogP contribution in [0.15, 0.2) is 47.4 Å². The summed E-state index contributed by atoms with van der Waals surface area (Å²) in [7, 11) is -3.39. The van der Waals surface area contributed by atoms with Gasteiger partial charge >= 0.3 is 0 Å². The van der Waals surface area contributed by atoms with Crippen LogP contribution in [-0.4, -0.2) is 38.1 Å². The molecule has 3 rings (SSSR count). The molecule has 2 aromatic rings. The van der Waals surface area contributed by atoms with Crippen molar-refractivity contribution in [3.05, 3.63) is 58.9 Å². The predicted molar refractivity (Wildman–Crippen MR) is 110 cm³/mol. The molecule has 0 saturated carbocycles. The Hall–Kier alpha value is -2.36. The number of halogens is 1. The van der Waals surface area contributed by atoms with Gasteiger partial charge in [-0.1, -0.05) is 35.9 Å². The van der Waals surface area contributed by atoms with Crippen LogP contribution < -0.4 is 0 Å². The van der Waals surface area contributed by atoms with Gasteiger partial charge < -0.3 is 4.90 Å². The van der Waals surface area contributed by atoms with Crippen LogP contribution in [0.5, 0.6) is 0 Å². The smallest absolute Gasteiger partial charge is 0.219 e. The van der Waals surface area contributed by atoms with E-state index in [1.165, 1.54) is 0 Å². The number of nitrogens with zero attached hydrogens (tertiary/aromatic N) is 2. The van der Waals surface area contributed by atoms with Crippen LogP contribution in [0, 0.1) is 12.5 Å². The maximum absolute atomic E-state index is 12.8. The summed E-state index contributed by atoms with van der Waals surface area (Å²) >= 11 is 6.25. The van der Waals surface area contributed by atoms with Gasteiger partial charge in [0.2, 0.25) is 5.91 Å². The van der Waals surface area contributed by atoms with Gasteiger partial charge in [-0.05, 0) is 48.1 Å². The molecule has 1 aliphatic rings. The zero-order valence-corrected chi connectivity index (χ0v) is 17.1. The maximum atomic E-state index is 12.8. The Kier molecular flexibility index (Phi) is 6.07. The van der Waals surface area contributed by atoms with Crippen molar-refractivity contribution in [1.29, 1.82) is 0 Å². The zero-order chi connectivity index (χ0) is 20.3. The second-order valence-corrected chi connectivity index (χ2v) is 9.47. The highest BCUT2D eigenvalue weighted by Gasteiger charge is 2.26. The molecule has 0 bridgehead atoms. The number of hydrogen-bond acceptors (Lipinski definition) is 3. The van der Waals surface area contributed by atoms with Crippen LogP contribution in [0.1, 0.15) is 19.8 Å². The highest BCUT2D eigenvalue weighted by Crippen LogP contribution is 2.32. The van der Waals surface area contributed by atoms with Crippen LogP contribution in [0.25, 0.3) is 16.0 Å². The molecule has 0 unspecified atom stereocenters. The highest BCUT2D eigenvalue weighted by atomic mass is 35.5. The van der Waals surface area contributed by atoms with Crippen molar-refractivity contribution in [2.75, 3.05) is 18.8 Å². The van der Waals surface area contributed by atoms with E-state index in [1.54, 1.807) is 54.3 Å². The van der Waals surface area contributed by atoms with E-state index in [2.05, 4.69) is 4.85 Å². The molecule has 28 heavy (non-hydrogen) atoms. The van der Waals surface area contributed by atoms with E-state index in [0.717, 1.165) is 11.1 Å². The lowest BCUT2D eigenvalue weighted by atomic mass is 9.99. The van der Waals surface area contributed by atoms with Crippen LogP contribution in [-0.2, 0) is 14.6 Å². The van der Waals surface area contributed by atoms with Gasteiger partial charge in [-0.15, -0.1) is 0 Å². The minimum absolute atomic E-state index is 0.0417. The quantitative estimate of drug-likeness (QED) is 0.685. The summed E-state index contributed by atoms with van der Waals surface area (Å²) < 4.78 is 25.5. The number of benzene rings is 2. The number of carbonyl (C=O) groups is 1. The summed E-state index contributed by atoms with van der Waals surface area (Å²) in [6.45, 7) is 9.81. The molecule has 0 N–H and O–H groups in total. The Morgan fingerprint density at radius 1 is 1.18 bits per heavy atom. The molecule has 2 aromatic carbocycles. The van der Waals surface area contributed by atoms with Crippen molar-refractivity contribution in [3.63, 3.8) is 0 Å². The Morgan fingerprint density at radius 2 is 1.82 bits per heavy atom. The van der Waals surface area contributed by atoms with Crippen LogP contribution >= 0.6 is 11.6 Å². The zero-order valence-electron chi connectivity index (χ0n) is 15.6. The van der Waals surface area contributed by atoms with Crippen molar-refractivity contribution < 1.29 is 13.2 Å². The molecular formula is C21H21ClN2O3S. The summed E-state index contributed by atoms with van der Waals surface area (Å²) in [6, 6.07) is 11.7. The first-order chi connectivity index (χ1) is 13.3. The first kappa shape index (κ1) is 20.4. The minimum Gasteiger partial charge on any atom is -0.343 e. The monoisotopic (exact) mass is 416 g/mol. The van der Waals surface area contributed by atoms with Gasteiger partial charge in [0.1, 0.15) is 0 Å². The van der Waals surface area contributed by atoms with Gasteiger partial charge in [0.25, 0.3) is 0 Å². The van der Waals surface area contributed by atoms with Crippen molar-refractivity contribution in [3.8, 4) is 11.1 Å². The van der Waals surface area contributed by atoms with Gasteiger partial charge in [0.15, 0.2) is 15.5 Å². The summed E-state index contributed by atoms with van der Waals surface area (Å²) in [5.41, 5.74) is 2.02. The van der Waals surface area contributed by atoms with Gasteiger partial charge in [0.05, 0.1) is 17.2 Å². The molecular weight excluding hydrogens is 396 g/mol. The van der Waals surface area contributed by atoms with Crippen molar-refractivity contribution in [2.24, 2.45) is 5.92 Å². The second kappa shape index (κ2) is 8.34. The first-order valence-electron chi connectivity index (χ1n) is 9.06. The largest absolute Gasteiger partial charge is 0.343 e. The van der Waals surface area contributed by atoms with E-state index in [4.69, 9.17) is 18.2 Å². The number of amides is 1. The van der Waals surface area contributed by atoms with Gasteiger partial charge in [0, 0.05) is 25.0 Å². The van der Waals surface area contributed by atoms with Crippen molar-refractivity contribution >= 4 is 33.0 Å². The van der Waals surface area contributed by atoms with E-state index < -0.39 is 9.84 Å². The lowest BCUT2D eigenvalue weighted by molar-refractivity contribution is -0.130. The fourth-order valence-electron chi connectivity index (χ4n) is 3.47. The van der Waals surface area contributed by atoms with Crippen molar-refractivity contribution in [2.45, 2.75) is 24.7 Å². The van der Waals surface area contributed by atoms with Crippen molar-refractivity contribution in [1.82, 2.24) is 4.90 Å². The Bertz CT molecular complexity index is 1020. The van der Waals surface area contributed by atoms with E-state index in [-0.39, 0.29) is 17.6 Å². The summed E-state index contributed by atoms with van der Waals surface area (Å²) in [5, 5.41) is 0.460. The topological polar surface area (TPSA) is 58.8 Å². The number of rotatable bonds is 4. The SMILES string of the molecule is [C-]#[N+]c1ccc(-c2ccc(S(=O)(=O)CC3CCN(C(C)=O)CC3)cc2)c(Cl)c1. The lowest BCUT2D eigenvalue weighted by Crippen LogP contribution is -2.38. The van der Waals surface area contributed by atoms with Gasteiger partial charge in [-0.2, -0.15) is 0 Å². The molecule has 1 heterocycles.